The number of nitrogens with zero attached hydrogens (tertiary/aromatic N) is 2. The van der Waals surface area contributed by atoms with E-state index < -0.39 is 21.5 Å². The van der Waals surface area contributed by atoms with Gasteiger partial charge in [0, 0.05) is 23.7 Å². The zero-order chi connectivity index (χ0) is 24.2. The summed E-state index contributed by atoms with van der Waals surface area (Å²) in [5.74, 6) is -0.421. The molecule has 0 spiro atoms. The number of amides is 2. The standard InChI is InChI=1S/C24H31N3O4S2/c1-18(2)13-14-25-23(29)24(3)17-26(33(30,31)21-11-6-5-7-12-21)16-22(28)27(24)19-9-8-10-20(15-19)32-4/h5-12,15,18H,13-14,16-17H2,1-4H3,(H,25,29). The van der Waals surface area contributed by atoms with E-state index >= 15 is 0 Å². The summed E-state index contributed by atoms with van der Waals surface area (Å²) in [5, 5.41) is 2.93. The van der Waals surface area contributed by atoms with Gasteiger partial charge >= 0.3 is 0 Å². The lowest BCUT2D eigenvalue weighted by Gasteiger charge is -2.46. The van der Waals surface area contributed by atoms with Crippen molar-refractivity contribution < 1.29 is 18.0 Å². The molecule has 1 heterocycles. The predicted octanol–water partition coefficient (Wildman–Crippen LogP) is 3.37. The number of thioether (sulfide) groups is 1. The second-order valence-electron chi connectivity index (χ2n) is 8.73. The summed E-state index contributed by atoms with van der Waals surface area (Å²) in [6.45, 7) is 5.72. The van der Waals surface area contributed by atoms with Gasteiger partial charge in [-0.3, -0.25) is 14.5 Å². The van der Waals surface area contributed by atoms with Gasteiger partial charge in [-0.25, -0.2) is 8.42 Å². The third-order valence-corrected chi connectivity index (χ3v) is 8.26. The van der Waals surface area contributed by atoms with Crippen LogP contribution in [0.5, 0.6) is 0 Å². The van der Waals surface area contributed by atoms with Crippen molar-refractivity contribution in [1.29, 1.82) is 0 Å². The smallest absolute Gasteiger partial charge is 0.247 e. The first-order valence-electron chi connectivity index (χ1n) is 10.9. The molecule has 1 aliphatic rings. The summed E-state index contributed by atoms with van der Waals surface area (Å²) in [5.41, 5.74) is -0.837. The van der Waals surface area contributed by atoms with Gasteiger partial charge in [-0.2, -0.15) is 4.31 Å². The summed E-state index contributed by atoms with van der Waals surface area (Å²) in [6, 6.07) is 15.4. The van der Waals surface area contributed by atoms with Crippen molar-refractivity contribution in [2.45, 2.75) is 42.5 Å². The molecule has 178 valence electrons. The molecule has 1 fully saturated rings. The van der Waals surface area contributed by atoms with E-state index in [0.717, 1.165) is 15.6 Å². The molecule has 2 aromatic rings. The summed E-state index contributed by atoms with van der Waals surface area (Å²) >= 11 is 1.53. The average Bonchev–Trinajstić information content (AvgIpc) is 2.79. The molecule has 0 saturated carbocycles. The van der Waals surface area contributed by atoms with E-state index in [-0.39, 0.29) is 23.9 Å². The highest BCUT2D eigenvalue weighted by Crippen LogP contribution is 2.33. The van der Waals surface area contributed by atoms with Crippen molar-refractivity contribution in [2.24, 2.45) is 5.92 Å². The summed E-state index contributed by atoms with van der Waals surface area (Å²) in [6.07, 6.45) is 2.72. The molecule has 2 amide bonds. The number of rotatable bonds is 8. The molecular formula is C24H31N3O4S2. The lowest BCUT2D eigenvalue weighted by Crippen LogP contribution is -2.70. The van der Waals surface area contributed by atoms with Crippen molar-refractivity contribution >= 4 is 39.3 Å². The van der Waals surface area contributed by atoms with Crippen LogP contribution in [0.15, 0.2) is 64.4 Å². The third kappa shape index (κ3) is 5.42. The Kier molecular flexibility index (Phi) is 7.87. The fraction of sp³-hybridized carbons (Fsp3) is 0.417. The normalized spacial score (nSPS) is 19.7. The van der Waals surface area contributed by atoms with E-state index in [1.165, 1.54) is 28.8 Å². The Morgan fingerprint density at radius 2 is 1.85 bits per heavy atom. The topological polar surface area (TPSA) is 86.8 Å². The number of anilines is 1. The Morgan fingerprint density at radius 3 is 2.48 bits per heavy atom. The number of carbonyl (C=O) groups is 2. The first-order chi connectivity index (χ1) is 15.6. The third-order valence-electron chi connectivity index (χ3n) is 5.73. The fourth-order valence-electron chi connectivity index (χ4n) is 3.89. The fourth-order valence-corrected chi connectivity index (χ4v) is 5.85. The van der Waals surface area contributed by atoms with Crippen molar-refractivity contribution in [2.75, 3.05) is 30.8 Å². The van der Waals surface area contributed by atoms with Gasteiger partial charge in [0.05, 0.1) is 11.4 Å². The Hall–Kier alpha value is -2.36. The van der Waals surface area contributed by atoms with E-state index in [1.54, 1.807) is 31.2 Å². The highest BCUT2D eigenvalue weighted by molar-refractivity contribution is 7.98. The number of sulfonamides is 1. The van der Waals surface area contributed by atoms with Gasteiger partial charge in [0.15, 0.2) is 0 Å². The molecule has 2 aromatic carbocycles. The number of hydrogen-bond donors (Lipinski definition) is 1. The van der Waals surface area contributed by atoms with Crippen LogP contribution in [-0.4, -0.2) is 56.0 Å². The summed E-state index contributed by atoms with van der Waals surface area (Å²) in [4.78, 5) is 29.4. The maximum atomic E-state index is 13.5. The number of nitrogens with one attached hydrogen (secondary N) is 1. The molecule has 0 aliphatic carbocycles. The SMILES string of the molecule is CSc1cccc(N2C(=O)CN(S(=O)(=O)c3ccccc3)CC2(C)C(=O)NCCC(C)C)c1. The van der Waals surface area contributed by atoms with Gasteiger partial charge in [-0.05, 0) is 55.9 Å². The van der Waals surface area contributed by atoms with Crippen LogP contribution >= 0.6 is 11.8 Å². The molecule has 9 heteroatoms. The zero-order valence-electron chi connectivity index (χ0n) is 19.4. The monoisotopic (exact) mass is 489 g/mol. The van der Waals surface area contributed by atoms with Crippen LogP contribution in [0.25, 0.3) is 0 Å². The lowest BCUT2D eigenvalue weighted by atomic mass is 9.94. The second kappa shape index (κ2) is 10.3. The van der Waals surface area contributed by atoms with Crippen molar-refractivity contribution in [3.05, 3.63) is 54.6 Å². The molecule has 3 rings (SSSR count). The average molecular weight is 490 g/mol. The molecule has 0 radical (unpaired) electrons. The second-order valence-corrected chi connectivity index (χ2v) is 11.5. The van der Waals surface area contributed by atoms with Crippen molar-refractivity contribution in [1.82, 2.24) is 9.62 Å². The summed E-state index contributed by atoms with van der Waals surface area (Å²) < 4.78 is 27.7. The maximum Gasteiger partial charge on any atom is 0.247 e. The van der Waals surface area contributed by atoms with E-state index in [9.17, 15) is 18.0 Å². The number of benzene rings is 2. The molecular weight excluding hydrogens is 458 g/mol. The van der Waals surface area contributed by atoms with Crippen LogP contribution in [0.3, 0.4) is 0 Å². The Bertz CT molecular complexity index is 1110. The number of hydrogen-bond acceptors (Lipinski definition) is 5. The van der Waals surface area contributed by atoms with Crippen LogP contribution in [-0.2, 0) is 19.6 Å². The van der Waals surface area contributed by atoms with Crippen LogP contribution < -0.4 is 10.2 Å². The largest absolute Gasteiger partial charge is 0.354 e. The van der Waals surface area contributed by atoms with Gasteiger partial charge in [-0.15, -0.1) is 11.8 Å². The number of piperazine rings is 1. The molecule has 7 nitrogen and oxygen atoms in total. The molecule has 1 saturated heterocycles. The molecule has 1 aliphatic heterocycles. The van der Waals surface area contributed by atoms with E-state index in [1.807, 2.05) is 24.5 Å². The van der Waals surface area contributed by atoms with Crippen LogP contribution in [0.2, 0.25) is 0 Å². The van der Waals surface area contributed by atoms with Crippen LogP contribution in [0, 0.1) is 5.92 Å². The predicted molar refractivity (Wildman–Crippen MR) is 132 cm³/mol. The summed E-state index contributed by atoms with van der Waals surface area (Å²) in [7, 11) is -3.95. The molecule has 1 unspecified atom stereocenters. The van der Waals surface area contributed by atoms with Gasteiger partial charge < -0.3 is 5.32 Å². The molecule has 0 bridgehead atoms. The van der Waals surface area contributed by atoms with Gasteiger partial charge in [-0.1, -0.05) is 38.1 Å². The van der Waals surface area contributed by atoms with E-state index in [0.29, 0.717) is 18.2 Å². The zero-order valence-corrected chi connectivity index (χ0v) is 21.1. The number of carbonyl (C=O) groups excluding carboxylic acids is 2. The minimum atomic E-state index is -3.95. The Labute approximate surface area is 200 Å². The minimum Gasteiger partial charge on any atom is -0.354 e. The van der Waals surface area contributed by atoms with Gasteiger partial charge in [0.25, 0.3) is 0 Å². The Balaban J connectivity index is 2.02. The van der Waals surface area contributed by atoms with Crippen LogP contribution in [0.4, 0.5) is 5.69 Å². The highest BCUT2D eigenvalue weighted by atomic mass is 32.2. The highest BCUT2D eigenvalue weighted by Gasteiger charge is 2.51. The van der Waals surface area contributed by atoms with Crippen molar-refractivity contribution in [3.63, 3.8) is 0 Å². The molecule has 1 atom stereocenters. The van der Waals surface area contributed by atoms with Crippen LogP contribution in [0.1, 0.15) is 27.2 Å². The minimum absolute atomic E-state index is 0.0956. The quantitative estimate of drug-likeness (QED) is 0.575. The Morgan fingerprint density at radius 1 is 1.15 bits per heavy atom. The van der Waals surface area contributed by atoms with E-state index in [4.69, 9.17) is 0 Å². The molecule has 0 aromatic heterocycles. The van der Waals surface area contributed by atoms with Gasteiger partial charge in [0.1, 0.15) is 5.54 Å². The van der Waals surface area contributed by atoms with Gasteiger partial charge in [0.2, 0.25) is 21.8 Å². The molecule has 33 heavy (non-hydrogen) atoms. The first-order valence-corrected chi connectivity index (χ1v) is 13.6. The maximum absolute atomic E-state index is 13.5. The van der Waals surface area contributed by atoms with Crippen molar-refractivity contribution in [3.8, 4) is 0 Å². The van der Waals surface area contributed by atoms with E-state index in [2.05, 4.69) is 19.2 Å². The first kappa shape index (κ1) is 25.3. The molecule has 1 N–H and O–H groups in total. The lowest BCUT2D eigenvalue weighted by molar-refractivity contribution is -0.132.